The maximum absolute atomic E-state index is 12.7. The van der Waals surface area contributed by atoms with Gasteiger partial charge in [0, 0.05) is 29.0 Å². The van der Waals surface area contributed by atoms with E-state index in [1.807, 2.05) is 41.8 Å². The zero-order chi connectivity index (χ0) is 24.5. The lowest BCUT2D eigenvalue weighted by molar-refractivity contribution is -0.119. The highest BCUT2D eigenvalue weighted by Crippen LogP contribution is 2.34. The average molecular weight is 503 g/mol. The van der Waals surface area contributed by atoms with Gasteiger partial charge in [0.2, 0.25) is 0 Å². The molecule has 0 N–H and O–H groups in total. The van der Waals surface area contributed by atoms with Gasteiger partial charge in [-0.3, -0.25) is 18.5 Å². The third-order valence-electron chi connectivity index (χ3n) is 5.35. The number of hydrogen-bond donors (Lipinski definition) is 0. The minimum Gasteiger partial charge on any atom is -0.497 e. The number of ketones is 1. The summed E-state index contributed by atoms with van der Waals surface area (Å²) in [6.07, 6.45) is 0.888. The van der Waals surface area contributed by atoms with Gasteiger partial charge in [-0.25, -0.2) is 0 Å². The van der Waals surface area contributed by atoms with Gasteiger partial charge < -0.3 is 4.74 Å². The van der Waals surface area contributed by atoms with E-state index in [-0.39, 0.29) is 25.2 Å². The van der Waals surface area contributed by atoms with Crippen LogP contribution in [0.1, 0.15) is 41.7 Å². The Kier molecular flexibility index (Phi) is 6.83. The van der Waals surface area contributed by atoms with Crippen LogP contribution in [0.5, 0.6) is 5.75 Å². The van der Waals surface area contributed by atoms with Crippen molar-refractivity contribution >= 4 is 33.2 Å². The molecule has 34 heavy (non-hydrogen) atoms. The summed E-state index contributed by atoms with van der Waals surface area (Å²) < 4.78 is 34.5. The molecule has 3 aromatic rings. The molecule has 0 unspecified atom stereocenters. The number of aryl methyl sites for hydroxylation is 1. The van der Waals surface area contributed by atoms with Gasteiger partial charge in [0.05, 0.1) is 31.4 Å². The fraction of sp³-hybridized carbons (Fsp3) is 0.304. The fourth-order valence-electron chi connectivity index (χ4n) is 3.80. The van der Waals surface area contributed by atoms with Crippen LogP contribution in [0.4, 0.5) is 0 Å². The Balaban J connectivity index is 1.80. The van der Waals surface area contributed by atoms with Crippen molar-refractivity contribution in [2.75, 3.05) is 20.0 Å². The molecule has 9 nitrogen and oxygen atoms in total. The Morgan fingerprint density at radius 1 is 1.15 bits per heavy atom. The Labute approximate surface area is 202 Å². The minimum absolute atomic E-state index is 0.00741. The normalized spacial score (nSPS) is 15.2. The van der Waals surface area contributed by atoms with Crippen molar-refractivity contribution in [3.8, 4) is 11.4 Å². The van der Waals surface area contributed by atoms with E-state index in [1.165, 1.54) is 0 Å². The van der Waals surface area contributed by atoms with Crippen molar-refractivity contribution in [2.24, 2.45) is 4.99 Å². The summed E-state index contributed by atoms with van der Waals surface area (Å²) >= 11 is 6.10. The van der Waals surface area contributed by atoms with E-state index in [0.717, 1.165) is 23.1 Å². The van der Waals surface area contributed by atoms with Gasteiger partial charge in [-0.1, -0.05) is 23.7 Å². The largest absolute Gasteiger partial charge is 0.497 e. The molecule has 2 aromatic carbocycles. The molecule has 0 amide bonds. The fourth-order valence-corrected chi connectivity index (χ4v) is 4.31. The van der Waals surface area contributed by atoms with Crippen LogP contribution in [0, 0.1) is 6.92 Å². The van der Waals surface area contributed by atoms with E-state index < -0.39 is 16.2 Å². The summed E-state index contributed by atoms with van der Waals surface area (Å²) in [6.45, 7) is 1.61. The van der Waals surface area contributed by atoms with E-state index in [0.29, 0.717) is 28.1 Å². The predicted molar refractivity (Wildman–Crippen MR) is 128 cm³/mol. The second-order valence-corrected chi connectivity index (χ2v) is 9.92. The summed E-state index contributed by atoms with van der Waals surface area (Å²) in [5, 5.41) is 9.14. The van der Waals surface area contributed by atoms with Crippen molar-refractivity contribution in [3.05, 3.63) is 70.3 Å². The van der Waals surface area contributed by atoms with Crippen molar-refractivity contribution in [3.63, 3.8) is 0 Å². The van der Waals surface area contributed by atoms with Crippen molar-refractivity contribution in [2.45, 2.75) is 25.8 Å². The molecule has 0 radical (unpaired) electrons. The number of nitrogens with zero attached hydrogens (tertiary/aromatic N) is 4. The molecule has 0 aliphatic carbocycles. The second-order valence-electron chi connectivity index (χ2n) is 7.84. The first-order chi connectivity index (χ1) is 16.2. The zero-order valence-corrected chi connectivity index (χ0v) is 20.4. The molecule has 0 fully saturated rings. The molecule has 1 aliphatic heterocycles. The Hall–Kier alpha value is -3.08. The molecular weight excluding hydrogens is 480 g/mol. The molecule has 0 saturated heterocycles. The van der Waals surface area contributed by atoms with Crippen molar-refractivity contribution in [1.29, 1.82) is 0 Å². The second kappa shape index (κ2) is 9.65. The minimum atomic E-state index is -3.62. The molecule has 178 valence electrons. The van der Waals surface area contributed by atoms with E-state index in [2.05, 4.69) is 10.2 Å². The molecule has 0 saturated carbocycles. The highest BCUT2D eigenvalue weighted by Gasteiger charge is 2.30. The van der Waals surface area contributed by atoms with Crippen LogP contribution in [0.15, 0.2) is 47.5 Å². The highest BCUT2D eigenvalue weighted by molar-refractivity contribution is 7.85. The number of hydrogen-bond acceptors (Lipinski definition) is 8. The van der Waals surface area contributed by atoms with Crippen LogP contribution in [-0.4, -0.2) is 54.6 Å². The Morgan fingerprint density at radius 2 is 1.88 bits per heavy atom. The highest BCUT2D eigenvalue weighted by atomic mass is 35.5. The van der Waals surface area contributed by atoms with Gasteiger partial charge in [0.25, 0.3) is 10.1 Å². The van der Waals surface area contributed by atoms with Gasteiger partial charge in [-0.2, -0.15) is 8.42 Å². The maximum Gasteiger partial charge on any atom is 0.264 e. The molecule has 0 bridgehead atoms. The first kappa shape index (κ1) is 24.1. The summed E-state index contributed by atoms with van der Waals surface area (Å²) in [5.41, 5.74) is 3.07. The SMILES string of the molecule is COc1ccc2c(c1)C(c1ccc(Cl)cc1)=N[C@H](CC(=O)CCOS(C)(=O)=O)c1nnc(C)n1-2. The monoisotopic (exact) mass is 502 g/mol. The molecule has 11 heteroatoms. The first-order valence-electron chi connectivity index (χ1n) is 10.5. The molecular formula is C23H23ClN4O5S. The quantitative estimate of drug-likeness (QED) is 0.433. The van der Waals surface area contributed by atoms with Gasteiger partial charge in [-0.05, 0) is 37.3 Å². The van der Waals surface area contributed by atoms with E-state index in [9.17, 15) is 13.2 Å². The maximum atomic E-state index is 12.7. The van der Waals surface area contributed by atoms with Crippen LogP contribution in [0.2, 0.25) is 5.02 Å². The number of methoxy groups -OCH3 is 1. The third-order valence-corrected chi connectivity index (χ3v) is 6.20. The van der Waals surface area contributed by atoms with Crippen molar-refractivity contribution < 1.29 is 22.1 Å². The van der Waals surface area contributed by atoms with Gasteiger partial charge in [0.15, 0.2) is 5.82 Å². The Bertz CT molecular complexity index is 1370. The third kappa shape index (κ3) is 5.19. The predicted octanol–water partition coefficient (Wildman–Crippen LogP) is 3.46. The van der Waals surface area contributed by atoms with Crippen LogP contribution in [-0.2, 0) is 19.1 Å². The molecule has 1 atom stereocenters. The topological polar surface area (TPSA) is 113 Å². The van der Waals surface area contributed by atoms with Gasteiger partial charge in [0.1, 0.15) is 23.4 Å². The first-order valence-corrected chi connectivity index (χ1v) is 12.7. The number of benzene rings is 2. The molecule has 2 heterocycles. The van der Waals surface area contributed by atoms with E-state index >= 15 is 0 Å². The lowest BCUT2D eigenvalue weighted by atomic mass is 10.00. The number of rotatable bonds is 8. The molecule has 0 spiro atoms. The van der Waals surface area contributed by atoms with E-state index in [1.54, 1.807) is 19.2 Å². The van der Waals surface area contributed by atoms with Gasteiger partial charge in [-0.15, -0.1) is 10.2 Å². The number of carbonyl (C=O) groups excluding carboxylic acids is 1. The lowest BCUT2D eigenvalue weighted by Gasteiger charge is -2.14. The van der Waals surface area contributed by atoms with Crippen LogP contribution < -0.4 is 4.74 Å². The number of aliphatic imine (C=N–C) groups is 1. The summed E-state index contributed by atoms with van der Waals surface area (Å²) in [7, 11) is -2.03. The number of fused-ring (bicyclic) bond motifs is 3. The summed E-state index contributed by atoms with van der Waals surface area (Å²) in [5.74, 6) is 1.61. The molecule has 1 aliphatic rings. The van der Waals surface area contributed by atoms with Crippen LogP contribution in [0.3, 0.4) is 0 Å². The van der Waals surface area contributed by atoms with Crippen LogP contribution in [0.25, 0.3) is 5.69 Å². The average Bonchev–Trinajstić information content (AvgIpc) is 3.11. The van der Waals surface area contributed by atoms with Gasteiger partial charge >= 0.3 is 0 Å². The lowest BCUT2D eigenvalue weighted by Crippen LogP contribution is -2.14. The van der Waals surface area contributed by atoms with E-state index in [4.69, 9.17) is 25.5 Å². The number of aromatic nitrogens is 3. The number of halogens is 1. The van der Waals surface area contributed by atoms with Crippen molar-refractivity contribution in [1.82, 2.24) is 14.8 Å². The molecule has 1 aromatic heterocycles. The number of Topliss-reactive ketones (excluding diaryl/α,β-unsaturated/α-hetero) is 1. The summed E-state index contributed by atoms with van der Waals surface area (Å²) in [4.78, 5) is 17.7. The smallest absolute Gasteiger partial charge is 0.264 e. The van der Waals surface area contributed by atoms with Crippen LogP contribution >= 0.6 is 11.6 Å². The Morgan fingerprint density at radius 3 is 2.56 bits per heavy atom. The zero-order valence-electron chi connectivity index (χ0n) is 18.9. The molecule has 4 rings (SSSR count). The summed E-state index contributed by atoms with van der Waals surface area (Å²) in [6, 6.07) is 12.3. The number of carbonyl (C=O) groups is 1. The standard InChI is InChI=1S/C23H23ClN4O5S/c1-14-26-27-23-20(12-17(29)10-11-33-34(3,30)31)25-22(15-4-6-16(24)7-5-15)19-13-18(32-2)8-9-21(19)28(14)23/h4-9,13,20H,10-12H2,1-3H3/t20-/m1/s1. The number of ether oxygens (including phenoxy) is 1.